The van der Waals surface area contributed by atoms with Gasteiger partial charge in [0.2, 0.25) is 0 Å². The first-order valence-corrected chi connectivity index (χ1v) is 7.93. The van der Waals surface area contributed by atoms with Crippen LogP contribution in [-0.4, -0.2) is 23.1 Å². The maximum absolute atomic E-state index is 6.19. The molecule has 2 aromatic rings. The molecule has 0 aliphatic carbocycles. The minimum Gasteiger partial charge on any atom is -0.374 e. The predicted octanol–water partition coefficient (Wildman–Crippen LogP) is 4.22. The van der Waals surface area contributed by atoms with Crippen molar-refractivity contribution in [2.24, 2.45) is 0 Å². The molecule has 108 valence electrons. The Morgan fingerprint density at radius 2 is 2.20 bits per heavy atom. The van der Waals surface area contributed by atoms with Gasteiger partial charge in [-0.3, -0.25) is 0 Å². The maximum Gasteiger partial charge on any atom is 0.157 e. The number of hydrogen-bond donors (Lipinski definition) is 1. The van der Waals surface area contributed by atoms with Crippen LogP contribution in [0, 0.1) is 0 Å². The summed E-state index contributed by atoms with van der Waals surface area (Å²) in [4.78, 5) is 9.96. The van der Waals surface area contributed by atoms with Crippen LogP contribution in [0.4, 0.5) is 5.82 Å². The molecule has 0 saturated carbocycles. The van der Waals surface area contributed by atoms with Gasteiger partial charge in [-0.25, -0.2) is 9.97 Å². The van der Waals surface area contributed by atoms with Crippen LogP contribution in [0.1, 0.15) is 26.1 Å². The lowest BCUT2D eigenvalue weighted by Gasteiger charge is -2.09. The van der Waals surface area contributed by atoms with E-state index in [1.54, 1.807) is 11.3 Å². The molecule has 20 heavy (non-hydrogen) atoms. The number of rotatable bonds is 7. The molecule has 2 rings (SSSR count). The maximum atomic E-state index is 6.19. The number of halogens is 1. The molecule has 0 bridgehead atoms. The molecule has 0 amide bonds. The van der Waals surface area contributed by atoms with Crippen LogP contribution in [-0.2, 0) is 11.3 Å². The van der Waals surface area contributed by atoms with Crippen molar-refractivity contribution < 1.29 is 4.74 Å². The zero-order valence-electron chi connectivity index (χ0n) is 11.6. The SMILES string of the molecule is CCCNc1cc(-c2sccc2Cl)nc(COCC)n1. The number of nitrogens with zero attached hydrogens (tertiary/aromatic N) is 2. The van der Waals surface area contributed by atoms with Crippen molar-refractivity contribution in [3.8, 4) is 10.6 Å². The van der Waals surface area contributed by atoms with Crippen molar-refractivity contribution >= 4 is 28.8 Å². The van der Waals surface area contributed by atoms with Gasteiger partial charge >= 0.3 is 0 Å². The van der Waals surface area contributed by atoms with Crippen LogP contribution in [0.5, 0.6) is 0 Å². The normalized spacial score (nSPS) is 10.8. The first-order chi connectivity index (χ1) is 9.74. The topological polar surface area (TPSA) is 47.0 Å². The van der Waals surface area contributed by atoms with Gasteiger partial charge in [-0.15, -0.1) is 11.3 Å². The third-order valence-electron chi connectivity index (χ3n) is 2.61. The molecular weight excluding hydrogens is 294 g/mol. The number of ether oxygens (including phenoxy) is 1. The first-order valence-electron chi connectivity index (χ1n) is 6.67. The fourth-order valence-electron chi connectivity index (χ4n) is 1.69. The summed E-state index contributed by atoms with van der Waals surface area (Å²) in [6.07, 6.45) is 1.04. The van der Waals surface area contributed by atoms with Gasteiger partial charge in [0.15, 0.2) is 5.82 Å². The molecular formula is C14H18ClN3OS. The average molecular weight is 312 g/mol. The highest BCUT2D eigenvalue weighted by Crippen LogP contribution is 2.32. The largest absolute Gasteiger partial charge is 0.374 e. The minimum absolute atomic E-state index is 0.411. The van der Waals surface area contributed by atoms with E-state index in [9.17, 15) is 0 Å². The fraction of sp³-hybridized carbons (Fsp3) is 0.429. The molecule has 0 fully saturated rings. The molecule has 0 aliphatic rings. The lowest BCUT2D eigenvalue weighted by atomic mass is 10.3. The third-order valence-corrected chi connectivity index (χ3v) is 3.98. The van der Waals surface area contributed by atoms with E-state index < -0.39 is 0 Å². The summed E-state index contributed by atoms with van der Waals surface area (Å²) in [7, 11) is 0. The van der Waals surface area contributed by atoms with E-state index in [0.717, 1.165) is 34.4 Å². The molecule has 0 atom stereocenters. The molecule has 0 radical (unpaired) electrons. The van der Waals surface area contributed by atoms with Gasteiger partial charge in [0, 0.05) is 19.2 Å². The van der Waals surface area contributed by atoms with Crippen LogP contribution < -0.4 is 5.32 Å². The summed E-state index contributed by atoms with van der Waals surface area (Å²) in [5.74, 6) is 1.49. The Morgan fingerprint density at radius 3 is 2.85 bits per heavy atom. The summed E-state index contributed by atoms with van der Waals surface area (Å²) >= 11 is 7.76. The summed E-state index contributed by atoms with van der Waals surface area (Å²) in [5.41, 5.74) is 0.841. The number of thiophene rings is 1. The molecule has 0 aliphatic heterocycles. The second kappa shape index (κ2) is 7.57. The van der Waals surface area contributed by atoms with E-state index in [1.807, 2.05) is 24.4 Å². The Hall–Kier alpha value is -1.17. The van der Waals surface area contributed by atoms with Gasteiger partial charge in [0.1, 0.15) is 12.4 Å². The standard InChI is InChI=1S/C14H18ClN3OS/c1-3-6-16-12-8-11(14-10(15)5-7-20-14)17-13(18-12)9-19-4-2/h5,7-8H,3-4,6,9H2,1-2H3,(H,16,17,18). The van der Waals surface area contributed by atoms with E-state index in [0.29, 0.717) is 19.0 Å². The van der Waals surface area contributed by atoms with E-state index in [2.05, 4.69) is 22.2 Å². The molecule has 2 aromatic heterocycles. The van der Waals surface area contributed by atoms with Gasteiger partial charge in [0.05, 0.1) is 15.6 Å². The Kier molecular flexibility index (Phi) is 5.76. The Morgan fingerprint density at radius 1 is 1.35 bits per heavy atom. The summed E-state index contributed by atoms with van der Waals surface area (Å²) in [6.45, 7) is 6.00. The highest BCUT2D eigenvalue weighted by atomic mass is 35.5. The zero-order valence-corrected chi connectivity index (χ0v) is 13.2. The highest BCUT2D eigenvalue weighted by Gasteiger charge is 2.11. The van der Waals surface area contributed by atoms with E-state index in [1.165, 1.54) is 0 Å². The third kappa shape index (κ3) is 3.91. The molecule has 0 saturated heterocycles. The Bertz CT molecular complexity index is 533. The number of aromatic nitrogens is 2. The highest BCUT2D eigenvalue weighted by molar-refractivity contribution is 7.14. The molecule has 1 N–H and O–H groups in total. The molecule has 0 aromatic carbocycles. The van der Waals surface area contributed by atoms with Crippen LogP contribution in [0.25, 0.3) is 10.6 Å². The number of anilines is 1. The van der Waals surface area contributed by atoms with Crippen molar-refractivity contribution in [1.82, 2.24) is 9.97 Å². The van der Waals surface area contributed by atoms with Gasteiger partial charge < -0.3 is 10.1 Å². The van der Waals surface area contributed by atoms with Crippen LogP contribution in [0.2, 0.25) is 5.02 Å². The second-order valence-electron chi connectivity index (χ2n) is 4.22. The van der Waals surface area contributed by atoms with Gasteiger partial charge in [-0.2, -0.15) is 0 Å². The second-order valence-corrected chi connectivity index (χ2v) is 5.54. The van der Waals surface area contributed by atoms with E-state index in [-0.39, 0.29) is 0 Å². The molecule has 0 spiro atoms. The lowest BCUT2D eigenvalue weighted by molar-refractivity contribution is 0.128. The van der Waals surface area contributed by atoms with Gasteiger partial charge in [-0.05, 0) is 24.8 Å². The Labute approximate surface area is 128 Å². The van der Waals surface area contributed by atoms with E-state index >= 15 is 0 Å². The van der Waals surface area contributed by atoms with Crippen molar-refractivity contribution in [3.63, 3.8) is 0 Å². The predicted molar refractivity (Wildman–Crippen MR) is 84.5 cm³/mol. The van der Waals surface area contributed by atoms with Crippen LogP contribution in [0.3, 0.4) is 0 Å². The van der Waals surface area contributed by atoms with Crippen molar-refractivity contribution in [2.75, 3.05) is 18.5 Å². The monoisotopic (exact) mass is 311 g/mol. The minimum atomic E-state index is 0.411. The van der Waals surface area contributed by atoms with Crippen molar-refractivity contribution in [1.29, 1.82) is 0 Å². The average Bonchev–Trinajstić information content (AvgIpc) is 2.89. The summed E-state index contributed by atoms with van der Waals surface area (Å²) < 4.78 is 5.40. The number of nitrogens with one attached hydrogen (secondary N) is 1. The quantitative estimate of drug-likeness (QED) is 0.831. The smallest absolute Gasteiger partial charge is 0.157 e. The molecule has 4 nitrogen and oxygen atoms in total. The summed E-state index contributed by atoms with van der Waals surface area (Å²) in [6, 6.07) is 3.81. The lowest BCUT2D eigenvalue weighted by Crippen LogP contribution is -2.07. The first kappa shape index (κ1) is 15.2. The van der Waals surface area contributed by atoms with Crippen molar-refractivity contribution in [3.05, 3.63) is 28.4 Å². The van der Waals surface area contributed by atoms with Gasteiger partial charge in [-0.1, -0.05) is 18.5 Å². The van der Waals surface area contributed by atoms with Gasteiger partial charge in [0.25, 0.3) is 0 Å². The number of hydrogen-bond acceptors (Lipinski definition) is 5. The van der Waals surface area contributed by atoms with Crippen LogP contribution in [0.15, 0.2) is 17.5 Å². The molecule has 2 heterocycles. The fourth-order valence-corrected chi connectivity index (χ4v) is 2.81. The van der Waals surface area contributed by atoms with E-state index in [4.69, 9.17) is 16.3 Å². The van der Waals surface area contributed by atoms with Crippen molar-refractivity contribution in [2.45, 2.75) is 26.9 Å². The molecule has 6 heteroatoms. The Balaban J connectivity index is 2.32. The van der Waals surface area contributed by atoms with Crippen LogP contribution >= 0.6 is 22.9 Å². The summed E-state index contributed by atoms with van der Waals surface area (Å²) in [5, 5.41) is 5.97. The zero-order chi connectivity index (χ0) is 14.4. The molecule has 0 unspecified atom stereocenters.